The summed E-state index contributed by atoms with van der Waals surface area (Å²) in [6.45, 7) is 6.27. The number of rotatable bonds is 6. The molecular formula is C14H22FNO2. The van der Waals surface area contributed by atoms with Crippen LogP contribution in [0.5, 0.6) is 5.75 Å². The highest BCUT2D eigenvalue weighted by molar-refractivity contribution is 5.29. The van der Waals surface area contributed by atoms with E-state index < -0.39 is 5.60 Å². The first-order valence-corrected chi connectivity index (χ1v) is 6.14. The van der Waals surface area contributed by atoms with Gasteiger partial charge in [0.2, 0.25) is 0 Å². The van der Waals surface area contributed by atoms with Crippen LogP contribution in [0.15, 0.2) is 18.2 Å². The predicted molar refractivity (Wildman–Crippen MR) is 70.1 cm³/mol. The molecule has 0 aliphatic carbocycles. The maximum atomic E-state index is 13.4. The summed E-state index contributed by atoms with van der Waals surface area (Å²) >= 11 is 0. The number of halogens is 1. The zero-order chi connectivity index (χ0) is 13.8. The van der Waals surface area contributed by atoms with E-state index >= 15 is 0 Å². The van der Waals surface area contributed by atoms with Crippen molar-refractivity contribution in [3.05, 3.63) is 29.6 Å². The van der Waals surface area contributed by atoms with Gasteiger partial charge in [-0.15, -0.1) is 0 Å². The van der Waals surface area contributed by atoms with Crippen LogP contribution in [-0.2, 0) is 6.54 Å². The third-order valence-corrected chi connectivity index (χ3v) is 3.09. The van der Waals surface area contributed by atoms with Gasteiger partial charge in [-0.2, -0.15) is 0 Å². The fourth-order valence-corrected chi connectivity index (χ4v) is 1.41. The molecule has 0 fully saturated rings. The summed E-state index contributed by atoms with van der Waals surface area (Å²) < 4.78 is 18.8. The van der Waals surface area contributed by atoms with Crippen LogP contribution in [0.4, 0.5) is 4.39 Å². The molecule has 0 aromatic heterocycles. The van der Waals surface area contributed by atoms with E-state index in [1.54, 1.807) is 20.0 Å². The number of ether oxygens (including phenoxy) is 1. The second-order valence-corrected chi connectivity index (χ2v) is 5.13. The summed E-state index contributed by atoms with van der Waals surface area (Å²) in [7, 11) is 1.80. The van der Waals surface area contributed by atoms with Gasteiger partial charge in [0.1, 0.15) is 18.2 Å². The fraction of sp³-hybridized carbons (Fsp3) is 0.571. The van der Waals surface area contributed by atoms with Crippen LogP contribution in [-0.4, -0.2) is 24.4 Å². The molecule has 0 aliphatic heterocycles. The lowest BCUT2D eigenvalue weighted by Crippen LogP contribution is -2.37. The Kier molecular flexibility index (Phi) is 5.11. The first-order chi connectivity index (χ1) is 8.35. The zero-order valence-electron chi connectivity index (χ0n) is 11.5. The lowest BCUT2D eigenvalue weighted by Gasteiger charge is -2.27. The quantitative estimate of drug-likeness (QED) is 0.819. The van der Waals surface area contributed by atoms with Gasteiger partial charge in [0.05, 0.1) is 5.60 Å². The number of hydrogen-bond acceptors (Lipinski definition) is 3. The molecule has 3 nitrogen and oxygen atoms in total. The van der Waals surface area contributed by atoms with Gasteiger partial charge in [-0.1, -0.05) is 13.8 Å². The van der Waals surface area contributed by atoms with E-state index in [9.17, 15) is 9.50 Å². The number of nitrogens with one attached hydrogen (secondary N) is 1. The lowest BCUT2D eigenvalue weighted by atomic mass is 9.94. The van der Waals surface area contributed by atoms with E-state index in [4.69, 9.17) is 4.74 Å². The van der Waals surface area contributed by atoms with Crippen molar-refractivity contribution in [1.82, 2.24) is 5.32 Å². The summed E-state index contributed by atoms with van der Waals surface area (Å²) in [5.41, 5.74) is -0.105. The number of benzene rings is 1. The van der Waals surface area contributed by atoms with Gasteiger partial charge >= 0.3 is 0 Å². The van der Waals surface area contributed by atoms with Gasteiger partial charge in [-0.25, -0.2) is 4.39 Å². The summed E-state index contributed by atoms with van der Waals surface area (Å²) in [6.07, 6.45) is 0. The molecule has 0 saturated carbocycles. The van der Waals surface area contributed by atoms with Gasteiger partial charge in [-0.3, -0.25) is 0 Å². The number of aliphatic hydroxyl groups is 1. The van der Waals surface area contributed by atoms with E-state index in [2.05, 4.69) is 5.32 Å². The second kappa shape index (κ2) is 6.16. The molecule has 0 amide bonds. The third-order valence-electron chi connectivity index (χ3n) is 3.09. The van der Waals surface area contributed by atoms with Crippen molar-refractivity contribution in [2.75, 3.05) is 13.7 Å². The maximum absolute atomic E-state index is 13.4. The first kappa shape index (κ1) is 14.9. The minimum absolute atomic E-state index is 0.0721. The highest BCUT2D eigenvalue weighted by Gasteiger charge is 2.25. The normalized spacial score (nSPS) is 14.6. The van der Waals surface area contributed by atoms with Crippen molar-refractivity contribution in [3.63, 3.8) is 0 Å². The first-order valence-electron chi connectivity index (χ1n) is 6.14. The highest BCUT2D eigenvalue weighted by Crippen LogP contribution is 2.21. The average Bonchev–Trinajstić information content (AvgIpc) is 2.26. The molecule has 4 heteroatoms. The minimum Gasteiger partial charge on any atom is -0.490 e. The SMILES string of the molecule is CNCc1cc(F)cc(OCC(C)(O)C(C)C)c1. The lowest BCUT2D eigenvalue weighted by molar-refractivity contribution is -0.0267. The topological polar surface area (TPSA) is 41.5 Å². The van der Waals surface area contributed by atoms with Crippen molar-refractivity contribution in [3.8, 4) is 5.75 Å². The largest absolute Gasteiger partial charge is 0.490 e. The monoisotopic (exact) mass is 255 g/mol. The molecule has 1 aromatic carbocycles. The zero-order valence-corrected chi connectivity index (χ0v) is 11.5. The predicted octanol–water partition coefficient (Wildman–Crippen LogP) is 2.33. The number of hydrogen-bond donors (Lipinski definition) is 2. The van der Waals surface area contributed by atoms with E-state index in [0.29, 0.717) is 12.3 Å². The van der Waals surface area contributed by atoms with Crippen LogP contribution in [0.25, 0.3) is 0 Å². The smallest absolute Gasteiger partial charge is 0.127 e. The summed E-state index contributed by atoms with van der Waals surface area (Å²) in [6, 6.07) is 4.56. The second-order valence-electron chi connectivity index (χ2n) is 5.13. The molecule has 0 heterocycles. The third kappa shape index (κ3) is 4.27. The molecular weight excluding hydrogens is 233 g/mol. The van der Waals surface area contributed by atoms with Gasteiger partial charge in [-0.05, 0) is 37.6 Å². The molecule has 0 spiro atoms. The van der Waals surface area contributed by atoms with Crippen molar-refractivity contribution < 1.29 is 14.2 Å². The van der Waals surface area contributed by atoms with E-state index in [1.165, 1.54) is 12.1 Å². The molecule has 0 bridgehead atoms. The minimum atomic E-state index is -0.921. The summed E-state index contributed by atoms with van der Waals surface area (Å²) in [5, 5.41) is 13.0. The molecule has 0 radical (unpaired) electrons. The average molecular weight is 255 g/mol. The van der Waals surface area contributed by atoms with Crippen molar-refractivity contribution in [2.24, 2.45) is 5.92 Å². The van der Waals surface area contributed by atoms with Crippen LogP contribution in [0, 0.1) is 11.7 Å². The molecule has 18 heavy (non-hydrogen) atoms. The van der Waals surface area contributed by atoms with E-state index in [1.807, 2.05) is 13.8 Å². The fourth-order valence-electron chi connectivity index (χ4n) is 1.41. The maximum Gasteiger partial charge on any atom is 0.127 e. The van der Waals surface area contributed by atoms with E-state index in [0.717, 1.165) is 5.56 Å². The molecule has 2 N–H and O–H groups in total. The highest BCUT2D eigenvalue weighted by atomic mass is 19.1. The van der Waals surface area contributed by atoms with Crippen LogP contribution >= 0.6 is 0 Å². The van der Waals surface area contributed by atoms with Crippen molar-refractivity contribution >= 4 is 0 Å². The molecule has 1 atom stereocenters. The Morgan fingerprint density at radius 3 is 2.61 bits per heavy atom. The Morgan fingerprint density at radius 2 is 2.06 bits per heavy atom. The van der Waals surface area contributed by atoms with Gasteiger partial charge in [0, 0.05) is 12.6 Å². The molecule has 0 saturated heterocycles. The molecule has 1 aromatic rings. The van der Waals surface area contributed by atoms with Crippen molar-refractivity contribution in [2.45, 2.75) is 32.9 Å². The summed E-state index contributed by atoms with van der Waals surface area (Å²) in [5.74, 6) is 0.186. The standard InChI is InChI=1S/C14H22FNO2/c1-10(2)14(3,17)9-18-13-6-11(8-16-4)5-12(15)7-13/h5-7,10,16-17H,8-9H2,1-4H3. The Hall–Kier alpha value is -1.13. The molecule has 1 unspecified atom stereocenters. The molecule has 0 aliphatic rings. The van der Waals surface area contributed by atoms with Crippen LogP contribution in [0.2, 0.25) is 0 Å². The Labute approximate surface area is 108 Å². The van der Waals surface area contributed by atoms with Gasteiger partial charge < -0.3 is 15.2 Å². The molecule has 1 rings (SSSR count). The molecule has 102 valence electrons. The van der Waals surface area contributed by atoms with Crippen LogP contribution < -0.4 is 10.1 Å². The van der Waals surface area contributed by atoms with Gasteiger partial charge in [0.15, 0.2) is 0 Å². The van der Waals surface area contributed by atoms with Gasteiger partial charge in [0.25, 0.3) is 0 Å². The van der Waals surface area contributed by atoms with Crippen LogP contribution in [0.1, 0.15) is 26.3 Å². The Balaban J connectivity index is 2.73. The van der Waals surface area contributed by atoms with Crippen LogP contribution in [0.3, 0.4) is 0 Å². The Bertz CT molecular complexity index is 391. The van der Waals surface area contributed by atoms with E-state index in [-0.39, 0.29) is 18.3 Å². The Morgan fingerprint density at radius 1 is 1.39 bits per heavy atom. The van der Waals surface area contributed by atoms with Crippen molar-refractivity contribution in [1.29, 1.82) is 0 Å². The summed E-state index contributed by atoms with van der Waals surface area (Å²) in [4.78, 5) is 0.